The molecule has 0 saturated heterocycles. The van der Waals surface area contributed by atoms with Crippen molar-refractivity contribution in [3.05, 3.63) is 29.7 Å². The van der Waals surface area contributed by atoms with Crippen LogP contribution in [-0.4, -0.2) is 6.04 Å². The van der Waals surface area contributed by atoms with Crippen LogP contribution in [0.25, 0.3) is 6.08 Å². The van der Waals surface area contributed by atoms with Crippen LogP contribution in [0.1, 0.15) is 31.3 Å². The fraction of sp³-hybridized carbons (Fsp3) is 0.455. The van der Waals surface area contributed by atoms with Crippen LogP contribution in [0, 0.1) is 6.92 Å². The smallest absolute Gasteiger partial charge is 0.126 e. The van der Waals surface area contributed by atoms with Gasteiger partial charge in [-0.3, -0.25) is 0 Å². The predicted octanol–water partition coefficient (Wildman–Crippen LogP) is 2.73. The van der Waals surface area contributed by atoms with Crippen LogP contribution >= 0.6 is 0 Å². The van der Waals surface area contributed by atoms with Crippen LogP contribution in [0.15, 0.2) is 22.6 Å². The molecule has 0 saturated carbocycles. The summed E-state index contributed by atoms with van der Waals surface area (Å²) in [5.74, 6) is 1.87. The molecule has 0 bridgehead atoms. The molecule has 1 heterocycles. The SMILES string of the molecule is Cc1ccc(/C=C/CCC(C)N)o1. The van der Waals surface area contributed by atoms with Gasteiger partial charge in [0.15, 0.2) is 0 Å². The molecule has 1 aromatic rings. The van der Waals surface area contributed by atoms with Gasteiger partial charge in [0.05, 0.1) is 0 Å². The topological polar surface area (TPSA) is 39.2 Å². The maximum absolute atomic E-state index is 5.62. The standard InChI is InChI=1S/C11H17NO/c1-9(12)5-3-4-6-11-8-7-10(2)13-11/h4,6-9H,3,5,12H2,1-2H3/b6-4+. The Morgan fingerprint density at radius 3 is 2.85 bits per heavy atom. The quantitative estimate of drug-likeness (QED) is 0.771. The van der Waals surface area contributed by atoms with Crippen LogP contribution in [0.3, 0.4) is 0 Å². The van der Waals surface area contributed by atoms with Crippen molar-refractivity contribution in [1.29, 1.82) is 0 Å². The fourth-order valence-electron chi connectivity index (χ4n) is 1.10. The van der Waals surface area contributed by atoms with E-state index in [9.17, 15) is 0 Å². The van der Waals surface area contributed by atoms with Gasteiger partial charge in [-0.1, -0.05) is 6.08 Å². The Morgan fingerprint density at radius 2 is 2.31 bits per heavy atom. The predicted molar refractivity (Wildman–Crippen MR) is 55.4 cm³/mol. The van der Waals surface area contributed by atoms with Gasteiger partial charge in [-0.05, 0) is 44.9 Å². The summed E-state index contributed by atoms with van der Waals surface area (Å²) in [6.07, 6.45) is 6.13. The minimum atomic E-state index is 0.281. The summed E-state index contributed by atoms with van der Waals surface area (Å²) in [6.45, 7) is 3.96. The lowest BCUT2D eigenvalue weighted by atomic mass is 10.2. The first kappa shape index (κ1) is 10.1. The Morgan fingerprint density at radius 1 is 1.54 bits per heavy atom. The molecule has 0 amide bonds. The first-order valence-corrected chi connectivity index (χ1v) is 4.67. The number of hydrogen-bond acceptors (Lipinski definition) is 2. The van der Waals surface area contributed by atoms with E-state index in [0.717, 1.165) is 24.4 Å². The van der Waals surface area contributed by atoms with Crippen molar-refractivity contribution >= 4 is 6.08 Å². The highest BCUT2D eigenvalue weighted by atomic mass is 16.3. The Labute approximate surface area is 79.4 Å². The Kier molecular flexibility index (Phi) is 3.77. The fourth-order valence-corrected chi connectivity index (χ4v) is 1.10. The summed E-state index contributed by atoms with van der Waals surface area (Å²) in [6, 6.07) is 4.21. The lowest BCUT2D eigenvalue weighted by Crippen LogP contribution is -2.13. The van der Waals surface area contributed by atoms with Gasteiger partial charge in [0.25, 0.3) is 0 Å². The zero-order valence-electron chi connectivity index (χ0n) is 8.29. The molecular weight excluding hydrogens is 162 g/mol. The highest BCUT2D eigenvalue weighted by molar-refractivity contribution is 5.42. The van der Waals surface area contributed by atoms with Crippen molar-refractivity contribution in [2.45, 2.75) is 32.7 Å². The summed E-state index contributed by atoms with van der Waals surface area (Å²) >= 11 is 0. The average molecular weight is 179 g/mol. The van der Waals surface area contributed by atoms with E-state index in [2.05, 4.69) is 6.08 Å². The van der Waals surface area contributed by atoms with E-state index >= 15 is 0 Å². The molecule has 0 aliphatic rings. The van der Waals surface area contributed by atoms with E-state index in [0.29, 0.717) is 0 Å². The van der Waals surface area contributed by atoms with Crippen LogP contribution in [-0.2, 0) is 0 Å². The Bertz CT molecular complexity index is 273. The zero-order chi connectivity index (χ0) is 9.68. The molecule has 0 aromatic carbocycles. The van der Waals surface area contributed by atoms with Crippen molar-refractivity contribution in [3.63, 3.8) is 0 Å². The number of furan rings is 1. The maximum atomic E-state index is 5.62. The van der Waals surface area contributed by atoms with E-state index in [4.69, 9.17) is 10.2 Å². The molecule has 1 unspecified atom stereocenters. The molecule has 1 atom stereocenters. The summed E-state index contributed by atoms with van der Waals surface area (Å²) in [7, 11) is 0. The molecule has 2 heteroatoms. The molecule has 0 radical (unpaired) electrons. The van der Waals surface area contributed by atoms with Crippen molar-refractivity contribution in [2.75, 3.05) is 0 Å². The monoisotopic (exact) mass is 179 g/mol. The molecule has 0 aliphatic carbocycles. The highest BCUT2D eigenvalue weighted by Gasteiger charge is 1.93. The third-order valence-corrected chi connectivity index (χ3v) is 1.83. The van der Waals surface area contributed by atoms with Crippen LogP contribution < -0.4 is 5.73 Å². The minimum Gasteiger partial charge on any atom is -0.462 e. The van der Waals surface area contributed by atoms with Gasteiger partial charge in [-0.15, -0.1) is 0 Å². The maximum Gasteiger partial charge on any atom is 0.126 e. The van der Waals surface area contributed by atoms with Gasteiger partial charge < -0.3 is 10.2 Å². The zero-order valence-corrected chi connectivity index (χ0v) is 8.29. The number of rotatable bonds is 4. The second kappa shape index (κ2) is 4.87. The molecule has 0 aliphatic heterocycles. The molecular formula is C11H17NO. The van der Waals surface area contributed by atoms with Crippen molar-refractivity contribution < 1.29 is 4.42 Å². The number of allylic oxidation sites excluding steroid dienone is 1. The Hall–Kier alpha value is -1.02. The molecule has 2 N–H and O–H groups in total. The van der Waals surface area contributed by atoms with E-state index in [-0.39, 0.29) is 6.04 Å². The largest absolute Gasteiger partial charge is 0.462 e. The van der Waals surface area contributed by atoms with E-state index < -0.39 is 0 Å². The summed E-state index contributed by atoms with van der Waals surface area (Å²) < 4.78 is 5.37. The second-order valence-corrected chi connectivity index (χ2v) is 3.41. The molecule has 0 fully saturated rings. The van der Waals surface area contributed by atoms with E-state index in [1.54, 1.807) is 0 Å². The average Bonchev–Trinajstić information content (AvgIpc) is 2.45. The third kappa shape index (κ3) is 3.95. The minimum absolute atomic E-state index is 0.281. The molecule has 2 nitrogen and oxygen atoms in total. The molecule has 13 heavy (non-hydrogen) atoms. The number of nitrogens with two attached hydrogens (primary N) is 1. The number of aryl methyl sites for hydroxylation is 1. The third-order valence-electron chi connectivity index (χ3n) is 1.83. The van der Waals surface area contributed by atoms with Gasteiger partial charge in [0, 0.05) is 6.04 Å². The lowest BCUT2D eigenvalue weighted by molar-refractivity contribution is 0.524. The normalized spacial score (nSPS) is 13.8. The van der Waals surface area contributed by atoms with Gasteiger partial charge in [0.1, 0.15) is 11.5 Å². The van der Waals surface area contributed by atoms with Gasteiger partial charge in [-0.25, -0.2) is 0 Å². The van der Waals surface area contributed by atoms with Gasteiger partial charge in [-0.2, -0.15) is 0 Å². The highest BCUT2D eigenvalue weighted by Crippen LogP contribution is 2.08. The van der Waals surface area contributed by atoms with Crippen LogP contribution in [0.2, 0.25) is 0 Å². The van der Waals surface area contributed by atoms with Crippen molar-refractivity contribution in [1.82, 2.24) is 0 Å². The van der Waals surface area contributed by atoms with Gasteiger partial charge in [0.2, 0.25) is 0 Å². The number of hydrogen-bond donors (Lipinski definition) is 1. The summed E-state index contributed by atoms with van der Waals surface area (Å²) in [5, 5.41) is 0. The van der Waals surface area contributed by atoms with Crippen molar-refractivity contribution in [2.24, 2.45) is 5.73 Å². The first-order valence-electron chi connectivity index (χ1n) is 4.67. The summed E-state index contributed by atoms with van der Waals surface area (Å²) in [4.78, 5) is 0. The summed E-state index contributed by atoms with van der Waals surface area (Å²) in [5.41, 5.74) is 5.62. The van der Waals surface area contributed by atoms with Crippen LogP contribution in [0.5, 0.6) is 0 Å². The second-order valence-electron chi connectivity index (χ2n) is 3.41. The molecule has 1 aromatic heterocycles. The van der Waals surface area contributed by atoms with Crippen molar-refractivity contribution in [3.8, 4) is 0 Å². The van der Waals surface area contributed by atoms with E-state index in [1.165, 1.54) is 0 Å². The molecule has 1 rings (SSSR count). The lowest BCUT2D eigenvalue weighted by Gasteiger charge is -1.98. The molecule has 0 spiro atoms. The van der Waals surface area contributed by atoms with Gasteiger partial charge >= 0.3 is 0 Å². The molecule has 72 valence electrons. The Balaban J connectivity index is 2.32. The van der Waals surface area contributed by atoms with Crippen LogP contribution in [0.4, 0.5) is 0 Å². The van der Waals surface area contributed by atoms with E-state index in [1.807, 2.05) is 32.1 Å². The first-order chi connectivity index (χ1) is 6.18.